The maximum absolute atomic E-state index is 4.07. The molecule has 0 amide bonds. The Morgan fingerprint density at radius 3 is 0.591 bits per heavy atom. The number of hydrogen-bond donors (Lipinski definition) is 2. The molecule has 0 radical (unpaired) electrons. The number of hydrogen-bond acceptors (Lipinski definition) is 2. The minimum Gasteiger partial charge on any atom is -0.284 e. The third-order valence-corrected chi connectivity index (χ3v) is 19.1. The lowest BCUT2D eigenvalue weighted by molar-refractivity contribution is 0.659. The van der Waals surface area contributed by atoms with Gasteiger partial charge in [-0.15, -0.1) is 0 Å². The Morgan fingerprint density at radius 1 is 0.364 bits per heavy atom. The van der Waals surface area contributed by atoms with Gasteiger partial charge in [-0.2, -0.15) is 0 Å². The molecule has 0 saturated carbocycles. The van der Waals surface area contributed by atoms with Crippen molar-refractivity contribution < 1.29 is 0 Å². The average Bonchev–Trinajstić information content (AvgIpc) is 2.31. The molecule has 2 N–H and O–H groups in total. The van der Waals surface area contributed by atoms with Gasteiger partial charge in [-0.1, -0.05) is 83.1 Å². The van der Waals surface area contributed by atoms with Crippen LogP contribution in [0.25, 0.3) is 0 Å². The van der Waals surface area contributed by atoms with Crippen LogP contribution in [0.15, 0.2) is 0 Å². The van der Waals surface area contributed by atoms with E-state index in [1.165, 1.54) is 0 Å². The highest BCUT2D eigenvalue weighted by molar-refractivity contribution is 6.85. The van der Waals surface area contributed by atoms with Crippen LogP contribution in [0.1, 0.15) is 83.1 Å². The van der Waals surface area contributed by atoms with E-state index in [-0.39, 0.29) is 0 Å². The molecule has 2 nitrogen and oxygen atoms in total. The van der Waals surface area contributed by atoms with Crippen molar-refractivity contribution >= 4 is 16.5 Å². The lowest BCUT2D eigenvalue weighted by atomic mass is 10.5. The van der Waals surface area contributed by atoms with Gasteiger partial charge in [0, 0.05) is 0 Å². The lowest BCUT2D eigenvalue weighted by Gasteiger charge is -2.50. The van der Waals surface area contributed by atoms with Gasteiger partial charge in [-0.05, 0) is 33.2 Å². The van der Waals surface area contributed by atoms with Crippen molar-refractivity contribution in [3.8, 4) is 0 Å². The third-order valence-electron chi connectivity index (χ3n) is 6.23. The summed E-state index contributed by atoms with van der Waals surface area (Å²) in [6, 6.07) is 0. The van der Waals surface area contributed by atoms with Crippen LogP contribution in [0.4, 0.5) is 0 Å². The van der Waals surface area contributed by atoms with E-state index < -0.39 is 16.5 Å². The van der Waals surface area contributed by atoms with E-state index in [2.05, 4.69) is 93.3 Å². The summed E-state index contributed by atoms with van der Waals surface area (Å²) in [6.07, 6.45) is 0. The molecule has 0 atom stereocenters. The van der Waals surface area contributed by atoms with Crippen LogP contribution in [-0.4, -0.2) is 16.5 Å². The molecule has 0 aliphatic rings. The molecule has 4 heteroatoms. The van der Waals surface area contributed by atoms with Crippen molar-refractivity contribution in [2.45, 2.75) is 116 Å². The summed E-state index contributed by atoms with van der Waals surface area (Å²) in [5.74, 6) is 0. The van der Waals surface area contributed by atoms with E-state index in [1.54, 1.807) is 0 Å². The highest BCUT2D eigenvalue weighted by Crippen LogP contribution is 2.42. The van der Waals surface area contributed by atoms with Gasteiger partial charge in [0.25, 0.3) is 0 Å². The molecule has 0 aromatic carbocycles. The van der Waals surface area contributed by atoms with Crippen molar-refractivity contribution in [1.29, 1.82) is 0 Å². The molecule has 0 rings (SSSR count). The molecule has 0 unspecified atom stereocenters. The summed E-state index contributed by atoms with van der Waals surface area (Å²) in [4.78, 5) is 0. The maximum Gasteiger partial charge on any atom is 0.148 e. The first kappa shape index (κ1) is 22.4. The minimum atomic E-state index is -1.60. The molecule has 22 heavy (non-hydrogen) atoms. The van der Waals surface area contributed by atoms with E-state index in [0.29, 0.717) is 0 Å². The zero-order valence-electron chi connectivity index (χ0n) is 17.5. The van der Waals surface area contributed by atoms with Crippen molar-refractivity contribution in [2.75, 3.05) is 0 Å². The van der Waals surface area contributed by atoms with Gasteiger partial charge in [-0.3, -0.25) is 10.2 Å². The van der Waals surface area contributed by atoms with Gasteiger partial charge in [0.05, 0.1) is 0 Å². The SMILES string of the molecule is CC(C)[Si](NN[Si](C(C)C)(C(C)C)C(C)C)(C(C)C)C(C)C. The Bertz CT molecular complexity index is 247. The topological polar surface area (TPSA) is 24.1 Å². The summed E-state index contributed by atoms with van der Waals surface area (Å²) in [7, 11) is -3.20. The van der Waals surface area contributed by atoms with Crippen LogP contribution in [0, 0.1) is 0 Å². The summed E-state index contributed by atoms with van der Waals surface area (Å²) in [5.41, 5.74) is 4.41. The van der Waals surface area contributed by atoms with E-state index in [4.69, 9.17) is 0 Å². The normalized spacial score (nSPS) is 14.5. The first-order chi connectivity index (χ1) is 9.87. The van der Waals surface area contributed by atoms with Crippen LogP contribution in [0.3, 0.4) is 0 Å². The molecule has 0 aromatic heterocycles. The first-order valence-electron chi connectivity index (χ1n) is 9.41. The van der Waals surface area contributed by atoms with Crippen molar-refractivity contribution in [3.05, 3.63) is 0 Å². The second-order valence-corrected chi connectivity index (χ2v) is 20.2. The largest absolute Gasteiger partial charge is 0.284 e. The molecule has 0 heterocycles. The summed E-state index contributed by atoms with van der Waals surface area (Å²) in [6.45, 7) is 29.1. The van der Waals surface area contributed by atoms with Gasteiger partial charge >= 0.3 is 0 Å². The fourth-order valence-electron chi connectivity index (χ4n) is 5.08. The molecule has 0 aliphatic carbocycles. The second-order valence-electron chi connectivity index (χ2n) is 9.04. The van der Waals surface area contributed by atoms with Crippen molar-refractivity contribution in [1.82, 2.24) is 10.2 Å². The third kappa shape index (κ3) is 4.06. The molecular weight excluding hydrogens is 300 g/mol. The number of rotatable bonds is 9. The molecule has 0 aromatic rings. The molecule has 134 valence electrons. The Balaban J connectivity index is 5.66. The van der Waals surface area contributed by atoms with Crippen LogP contribution in [-0.2, 0) is 0 Å². The highest BCUT2D eigenvalue weighted by Gasteiger charge is 2.48. The Labute approximate surface area is 143 Å². The summed E-state index contributed by atoms with van der Waals surface area (Å²) < 4.78 is 0. The Hall–Kier alpha value is 0.354. The van der Waals surface area contributed by atoms with Gasteiger partial charge in [0.2, 0.25) is 0 Å². The van der Waals surface area contributed by atoms with E-state index in [0.717, 1.165) is 33.2 Å². The van der Waals surface area contributed by atoms with Gasteiger partial charge in [0.1, 0.15) is 16.5 Å². The average molecular weight is 345 g/mol. The van der Waals surface area contributed by atoms with E-state index in [9.17, 15) is 0 Å². The fraction of sp³-hybridized carbons (Fsp3) is 1.00. The predicted octanol–water partition coefficient (Wildman–Crippen LogP) is 6.43. The molecule has 0 bridgehead atoms. The van der Waals surface area contributed by atoms with Crippen LogP contribution in [0.2, 0.25) is 33.2 Å². The molecule has 0 spiro atoms. The van der Waals surface area contributed by atoms with E-state index in [1.807, 2.05) is 0 Å². The molecule has 0 fully saturated rings. The fourth-order valence-corrected chi connectivity index (χ4v) is 16.5. The maximum atomic E-state index is 4.07. The molecule has 0 aliphatic heterocycles. The molecular formula is C18H44N2Si2. The number of nitrogens with one attached hydrogen (secondary N) is 2. The van der Waals surface area contributed by atoms with Gasteiger partial charge < -0.3 is 0 Å². The van der Waals surface area contributed by atoms with Gasteiger partial charge in [0.15, 0.2) is 0 Å². The van der Waals surface area contributed by atoms with Crippen molar-refractivity contribution in [2.24, 2.45) is 0 Å². The summed E-state index contributed by atoms with van der Waals surface area (Å²) >= 11 is 0. The molecule has 0 saturated heterocycles. The second kappa shape index (κ2) is 8.45. The summed E-state index contributed by atoms with van der Waals surface area (Å²) in [5, 5.41) is 8.13. The lowest BCUT2D eigenvalue weighted by Crippen LogP contribution is -2.72. The zero-order chi connectivity index (χ0) is 17.9. The predicted molar refractivity (Wildman–Crippen MR) is 108 cm³/mol. The highest BCUT2D eigenvalue weighted by atomic mass is 28.3. The van der Waals surface area contributed by atoms with Crippen LogP contribution in [0.5, 0.6) is 0 Å². The van der Waals surface area contributed by atoms with E-state index >= 15 is 0 Å². The van der Waals surface area contributed by atoms with Crippen LogP contribution < -0.4 is 10.2 Å². The number of hydrazine groups is 1. The smallest absolute Gasteiger partial charge is 0.148 e. The van der Waals surface area contributed by atoms with Crippen LogP contribution >= 0.6 is 0 Å². The Morgan fingerprint density at radius 2 is 0.500 bits per heavy atom. The Kier molecular flexibility index (Phi) is 8.59. The first-order valence-corrected chi connectivity index (χ1v) is 13.9. The zero-order valence-corrected chi connectivity index (χ0v) is 19.5. The minimum absolute atomic E-state index is 0.734. The quantitative estimate of drug-likeness (QED) is 0.372. The van der Waals surface area contributed by atoms with Gasteiger partial charge in [-0.25, -0.2) is 0 Å². The monoisotopic (exact) mass is 344 g/mol. The standard InChI is InChI=1S/C18H44N2Si2/c1-13(2)21(14(3)4,15(5)6)19-20-22(16(7)8,17(9)10)18(11)12/h13-20H,1-12H3. The van der Waals surface area contributed by atoms with Crippen molar-refractivity contribution in [3.63, 3.8) is 0 Å².